The summed E-state index contributed by atoms with van der Waals surface area (Å²) in [7, 11) is 0. The summed E-state index contributed by atoms with van der Waals surface area (Å²) in [5, 5.41) is 4.44. The summed E-state index contributed by atoms with van der Waals surface area (Å²) in [6, 6.07) is 21.0. The average molecular weight is 262 g/mol. The molecule has 0 unspecified atom stereocenters. The van der Waals surface area contributed by atoms with Crippen LogP contribution >= 0.6 is 0 Å². The van der Waals surface area contributed by atoms with E-state index in [4.69, 9.17) is 0 Å². The van der Waals surface area contributed by atoms with Crippen molar-refractivity contribution in [3.05, 3.63) is 78.6 Å². The van der Waals surface area contributed by atoms with Crippen molar-refractivity contribution < 1.29 is 0 Å². The fraction of sp³-hybridized carbons (Fsp3) is 0.167. The SMILES string of the molecule is c1ccc(CCCn2cc(-c3ccccc3)cn2)cc1. The number of aryl methyl sites for hydroxylation is 2. The Balaban J connectivity index is 1.58. The Morgan fingerprint density at radius 2 is 1.50 bits per heavy atom. The summed E-state index contributed by atoms with van der Waals surface area (Å²) in [6.45, 7) is 0.960. The predicted octanol–water partition coefficient (Wildman–Crippen LogP) is 4.18. The first-order chi connectivity index (χ1) is 9.92. The first-order valence-corrected chi connectivity index (χ1v) is 7.03. The van der Waals surface area contributed by atoms with E-state index in [-0.39, 0.29) is 0 Å². The molecule has 1 aromatic heterocycles. The quantitative estimate of drug-likeness (QED) is 0.674. The molecule has 3 aromatic rings. The van der Waals surface area contributed by atoms with Gasteiger partial charge < -0.3 is 0 Å². The van der Waals surface area contributed by atoms with E-state index < -0.39 is 0 Å². The van der Waals surface area contributed by atoms with Crippen LogP contribution in [-0.2, 0) is 13.0 Å². The third kappa shape index (κ3) is 3.15. The Hall–Kier alpha value is -2.35. The Morgan fingerprint density at radius 1 is 0.800 bits per heavy atom. The molecule has 3 rings (SSSR count). The zero-order valence-electron chi connectivity index (χ0n) is 11.4. The second kappa shape index (κ2) is 6.20. The zero-order chi connectivity index (χ0) is 13.6. The van der Waals surface area contributed by atoms with Gasteiger partial charge in [0.2, 0.25) is 0 Å². The monoisotopic (exact) mass is 262 g/mol. The zero-order valence-corrected chi connectivity index (χ0v) is 11.4. The van der Waals surface area contributed by atoms with Gasteiger partial charge in [0.05, 0.1) is 6.20 Å². The van der Waals surface area contributed by atoms with Gasteiger partial charge in [0.25, 0.3) is 0 Å². The number of aromatic nitrogens is 2. The molecule has 2 nitrogen and oxygen atoms in total. The molecule has 2 aromatic carbocycles. The molecule has 0 bridgehead atoms. The molecule has 2 heteroatoms. The molecule has 1 heterocycles. The molecule has 100 valence electrons. The predicted molar refractivity (Wildman–Crippen MR) is 82.4 cm³/mol. The fourth-order valence-electron chi connectivity index (χ4n) is 2.36. The summed E-state index contributed by atoms with van der Waals surface area (Å²) in [4.78, 5) is 0. The minimum absolute atomic E-state index is 0.960. The van der Waals surface area contributed by atoms with Crippen molar-refractivity contribution in [1.82, 2.24) is 9.78 Å². The third-order valence-electron chi connectivity index (χ3n) is 3.44. The lowest BCUT2D eigenvalue weighted by Crippen LogP contribution is -1.99. The smallest absolute Gasteiger partial charge is 0.0568 e. The molecule has 0 aliphatic heterocycles. The first kappa shape index (κ1) is 12.7. The molecular weight excluding hydrogens is 244 g/mol. The van der Waals surface area contributed by atoms with Gasteiger partial charge in [0.1, 0.15) is 0 Å². The minimum Gasteiger partial charge on any atom is -0.272 e. The molecule has 0 fully saturated rings. The van der Waals surface area contributed by atoms with Gasteiger partial charge in [0.15, 0.2) is 0 Å². The second-order valence-corrected chi connectivity index (χ2v) is 4.95. The van der Waals surface area contributed by atoms with Gasteiger partial charge in [0, 0.05) is 18.3 Å². The van der Waals surface area contributed by atoms with Gasteiger partial charge in [-0.1, -0.05) is 60.7 Å². The summed E-state index contributed by atoms with van der Waals surface area (Å²) >= 11 is 0. The van der Waals surface area contributed by atoms with Crippen LogP contribution in [0.2, 0.25) is 0 Å². The number of benzene rings is 2. The van der Waals surface area contributed by atoms with Gasteiger partial charge in [-0.2, -0.15) is 5.10 Å². The maximum absolute atomic E-state index is 4.44. The van der Waals surface area contributed by atoms with E-state index in [1.165, 1.54) is 16.7 Å². The molecule has 0 N–H and O–H groups in total. The van der Waals surface area contributed by atoms with Crippen LogP contribution in [0.25, 0.3) is 11.1 Å². The van der Waals surface area contributed by atoms with Crippen molar-refractivity contribution in [2.45, 2.75) is 19.4 Å². The summed E-state index contributed by atoms with van der Waals surface area (Å²) in [5.41, 5.74) is 3.80. The van der Waals surface area contributed by atoms with E-state index >= 15 is 0 Å². The van der Waals surface area contributed by atoms with Gasteiger partial charge in [-0.25, -0.2) is 0 Å². The highest BCUT2D eigenvalue weighted by Crippen LogP contribution is 2.17. The Kier molecular flexibility index (Phi) is 3.93. The lowest BCUT2D eigenvalue weighted by molar-refractivity contribution is 0.579. The minimum atomic E-state index is 0.960. The molecule has 0 aliphatic carbocycles. The molecule has 20 heavy (non-hydrogen) atoms. The van der Waals surface area contributed by atoms with Crippen molar-refractivity contribution in [3.63, 3.8) is 0 Å². The molecule has 0 aliphatic rings. The van der Waals surface area contributed by atoms with Crippen LogP contribution < -0.4 is 0 Å². The summed E-state index contributed by atoms with van der Waals surface area (Å²) in [6.07, 6.45) is 6.28. The van der Waals surface area contributed by atoms with Crippen LogP contribution in [-0.4, -0.2) is 9.78 Å². The van der Waals surface area contributed by atoms with Crippen molar-refractivity contribution in [1.29, 1.82) is 0 Å². The maximum atomic E-state index is 4.44. The standard InChI is InChI=1S/C18H18N2/c1-3-8-16(9-4-1)10-7-13-20-15-18(14-19-20)17-11-5-2-6-12-17/h1-6,8-9,11-12,14-15H,7,10,13H2. The van der Waals surface area contributed by atoms with Gasteiger partial charge in [-0.05, 0) is 24.0 Å². The molecule has 0 spiro atoms. The topological polar surface area (TPSA) is 17.8 Å². The van der Waals surface area contributed by atoms with E-state index in [1.807, 2.05) is 16.9 Å². The largest absolute Gasteiger partial charge is 0.272 e. The van der Waals surface area contributed by atoms with E-state index in [0.29, 0.717) is 0 Å². The molecule has 0 saturated carbocycles. The number of hydrogen-bond acceptors (Lipinski definition) is 1. The second-order valence-electron chi connectivity index (χ2n) is 4.95. The normalized spacial score (nSPS) is 10.6. The Morgan fingerprint density at radius 3 is 2.25 bits per heavy atom. The van der Waals surface area contributed by atoms with E-state index in [2.05, 4.69) is 65.9 Å². The molecule has 0 radical (unpaired) electrons. The number of rotatable bonds is 5. The first-order valence-electron chi connectivity index (χ1n) is 7.03. The fourth-order valence-corrected chi connectivity index (χ4v) is 2.36. The number of nitrogens with zero attached hydrogens (tertiary/aromatic N) is 2. The molecular formula is C18H18N2. The van der Waals surface area contributed by atoms with Crippen molar-refractivity contribution in [3.8, 4) is 11.1 Å². The van der Waals surface area contributed by atoms with E-state index in [0.717, 1.165) is 19.4 Å². The van der Waals surface area contributed by atoms with Gasteiger partial charge in [-0.15, -0.1) is 0 Å². The van der Waals surface area contributed by atoms with Crippen LogP contribution in [0.3, 0.4) is 0 Å². The van der Waals surface area contributed by atoms with Gasteiger partial charge >= 0.3 is 0 Å². The Labute approximate surface area is 119 Å². The third-order valence-corrected chi connectivity index (χ3v) is 3.44. The molecule has 0 saturated heterocycles. The van der Waals surface area contributed by atoms with Crippen molar-refractivity contribution in [2.75, 3.05) is 0 Å². The average Bonchev–Trinajstić information content (AvgIpc) is 2.98. The van der Waals surface area contributed by atoms with Crippen LogP contribution in [0.4, 0.5) is 0 Å². The van der Waals surface area contributed by atoms with Crippen molar-refractivity contribution in [2.24, 2.45) is 0 Å². The highest BCUT2D eigenvalue weighted by Gasteiger charge is 2.01. The highest BCUT2D eigenvalue weighted by atomic mass is 15.3. The summed E-state index contributed by atoms with van der Waals surface area (Å²) in [5.74, 6) is 0. The van der Waals surface area contributed by atoms with Crippen LogP contribution in [0.15, 0.2) is 73.1 Å². The van der Waals surface area contributed by atoms with Crippen molar-refractivity contribution >= 4 is 0 Å². The van der Waals surface area contributed by atoms with E-state index in [9.17, 15) is 0 Å². The lowest BCUT2D eigenvalue weighted by Gasteiger charge is -2.02. The molecule has 0 amide bonds. The summed E-state index contributed by atoms with van der Waals surface area (Å²) < 4.78 is 2.03. The van der Waals surface area contributed by atoms with Crippen LogP contribution in [0.1, 0.15) is 12.0 Å². The maximum Gasteiger partial charge on any atom is 0.0568 e. The highest BCUT2D eigenvalue weighted by molar-refractivity contribution is 5.61. The van der Waals surface area contributed by atoms with Crippen LogP contribution in [0.5, 0.6) is 0 Å². The number of hydrogen-bond donors (Lipinski definition) is 0. The molecule has 0 atom stereocenters. The van der Waals surface area contributed by atoms with E-state index in [1.54, 1.807) is 0 Å². The lowest BCUT2D eigenvalue weighted by atomic mass is 10.1. The Bertz CT molecular complexity index is 641. The van der Waals surface area contributed by atoms with Gasteiger partial charge in [-0.3, -0.25) is 4.68 Å². The van der Waals surface area contributed by atoms with Crippen LogP contribution in [0, 0.1) is 0 Å².